The quantitative estimate of drug-likeness (QED) is 0.302. The average Bonchev–Trinajstić information content (AvgIpc) is 3.48. The second-order valence-electron chi connectivity index (χ2n) is 9.53. The van der Waals surface area contributed by atoms with Crippen LogP contribution in [0.1, 0.15) is 61.2 Å². The zero-order valence-electron chi connectivity index (χ0n) is 22.7. The van der Waals surface area contributed by atoms with Gasteiger partial charge < -0.3 is 19.9 Å². The molecule has 2 heterocycles. The number of rotatable bonds is 13. The molecule has 37 heavy (non-hydrogen) atoms. The summed E-state index contributed by atoms with van der Waals surface area (Å²) >= 11 is 1.68. The number of aromatic nitrogens is 2. The molecule has 3 rings (SSSR count). The van der Waals surface area contributed by atoms with Crippen molar-refractivity contribution >= 4 is 23.2 Å². The number of thiophene rings is 1. The normalized spacial score (nSPS) is 11.2. The van der Waals surface area contributed by atoms with Crippen molar-refractivity contribution in [2.24, 2.45) is 5.92 Å². The van der Waals surface area contributed by atoms with Crippen LogP contribution in [0.15, 0.2) is 22.7 Å². The number of carbonyl (C=O) groups is 2. The first kappa shape index (κ1) is 28.5. The molecule has 8 nitrogen and oxygen atoms in total. The highest BCUT2D eigenvalue weighted by atomic mass is 32.1. The molecule has 3 aromatic rings. The van der Waals surface area contributed by atoms with Crippen molar-refractivity contribution in [1.82, 2.24) is 20.8 Å². The highest BCUT2D eigenvalue weighted by molar-refractivity contribution is 7.15. The molecule has 0 unspecified atom stereocenters. The van der Waals surface area contributed by atoms with Crippen LogP contribution in [-0.4, -0.2) is 41.7 Å². The van der Waals surface area contributed by atoms with Crippen LogP contribution in [0.25, 0.3) is 22.2 Å². The van der Waals surface area contributed by atoms with E-state index < -0.39 is 5.97 Å². The van der Waals surface area contributed by atoms with E-state index in [1.54, 1.807) is 18.3 Å². The molecule has 0 saturated heterocycles. The van der Waals surface area contributed by atoms with Gasteiger partial charge in [-0.3, -0.25) is 9.59 Å². The van der Waals surface area contributed by atoms with Crippen molar-refractivity contribution in [3.05, 3.63) is 45.3 Å². The molecule has 0 aliphatic carbocycles. The predicted octanol–water partition coefficient (Wildman–Crippen LogP) is 5.00. The highest BCUT2D eigenvalue weighted by Crippen LogP contribution is 2.32. The fourth-order valence-electron chi connectivity index (χ4n) is 4.12. The summed E-state index contributed by atoms with van der Waals surface area (Å²) in [6.07, 6.45) is 1.70. The van der Waals surface area contributed by atoms with E-state index in [-0.39, 0.29) is 12.5 Å². The van der Waals surface area contributed by atoms with E-state index in [1.807, 2.05) is 13.0 Å². The third-order valence-electron chi connectivity index (χ3n) is 6.04. The van der Waals surface area contributed by atoms with Gasteiger partial charge in [-0.05, 0) is 86.5 Å². The summed E-state index contributed by atoms with van der Waals surface area (Å²) in [6.45, 7) is 14.4. The summed E-state index contributed by atoms with van der Waals surface area (Å²) < 4.78 is 10.5. The van der Waals surface area contributed by atoms with Crippen molar-refractivity contribution in [2.45, 2.75) is 67.3 Å². The fourth-order valence-corrected chi connectivity index (χ4v) is 5.18. The lowest BCUT2D eigenvalue weighted by Gasteiger charge is -2.13. The number of hydrogen-bond donors (Lipinski definition) is 2. The molecule has 0 atom stereocenters. The van der Waals surface area contributed by atoms with Gasteiger partial charge in [0, 0.05) is 23.4 Å². The van der Waals surface area contributed by atoms with Gasteiger partial charge in [0.05, 0.1) is 11.5 Å². The second-order valence-corrected chi connectivity index (χ2v) is 10.7. The molecular formula is C28H38N4O4S. The van der Waals surface area contributed by atoms with Gasteiger partial charge in [0.25, 0.3) is 5.89 Å². The first-order chi connectivity index (χ1) is 17.7. The van der Waals surface area contributed by atoms with Gasteiger partial charge in [-0.15, -0.1) is 11.3 Å². The third kappa shape index (κ3) is 7.97. The standard InChI is InChI=1S/C28H38N4O4S/c1-7-20-13-21(11-18(5)22(20)9-10-25(33)30-16-26(34)35-8-2)27-31-28(36-32-27)23-12-19(6)24(37-23)15-29-14-17(3)4/h11-13,17,29H,7-10,14-16H2,1-6H3,(H,30,33). The number of nitrogens with one attached hydrogen (secondary N) is 2. The number of nitrogens with zero attached hydrogens (tertiary/aromatic N) is 2. The zero-order valence-corrected chi connectivity index (χ0v) is 23.5. The maximum absolute atomic E-state index is 12.2. The number of carbonyl (C=O) groups excluding carboxylic acids is 2. The second kappa shape index (κ2) is 13.5. The fraction of sp³-hybridized carbons (Fsp3) is 0.500. The molecule has 200 valence electrons. The van der Waals surface area contributed by atoms with E-state index in [9.17, 15) is 9.59 Å². The van der Waals surface area contributed by atoms with E-state index in [0.717, 1.165) is 46.6 Å². The number of esters is 1. The Labute approximate surface area is 223 Å². The highest BCUT2D eigenvalue weighted by Gasteiger charge is 2.17. The van der Waals surface area contributed by atoms with Crippen molar-refractivity contribution in [3.63, 3.8) is 0 Å². The molecule has 9 heteroatoms. The minimum absolute atomic E-state index is 0.106. The molecule has 0 saturated carbocycles. The Morgan fingerprint density at radius 2 is 1.92 bits per heavy atom. The maximum atomic E-state index is 12.2. The first-order valence-electron chi connectivity index (χ1n) is 12.9. The number of ether oxygens (including phenoxy) is 1. The molecule has 2 aromatic heterocycles. The number of amides is 1. The summed E-state index contributed by atoms with van der Waals surface area (Å²) in [7, 11) is 0. The van der Waals surface area contributed by atoms with Crippen LogP contribution < -0.4 is 10.6 Å². The lowest BCUT2D eigenvalue weighted by molar-refractivity contribution is -0.143. The van der Waals surface area contributed by atoms with Gasteiger partial charge >= 0.3 is 5.97 Å². The largest absolute Gasteiger partial charge is 0.465 e. The minimum atomic E-state index is -0.429. The van der Waals surface area contributed by atoms with Gasteiger partial charge in [0.15, 0.2) is 0 Å². The Hall–Kier alpha value is -3.04. The van der Waals surface area contributed by atoms with Gasteiger partial charge in [-0.25, -0.2) is 0 Å². The summed E-state index contributed by atoms with van der Waals surface area (Å²) in [5, 5.41) is 10.4. The number of hydrogen-bond acceptors (Lipinski definition) is 8. The molecule has 1 aromatic carbocycles. The Morgan fingerprint density at radius 3 is 2.62 bits per heavy atom. The van der Waals surface area contributed by atoms with E-state index in [4.69, 9.17) is 14.2 Å². The zero-order chi connectivity index (χ0) is 26.9. The lowest BCUT2D eigenvalue weighted by Crippen LogP contribution is -2.30. The van der Waals surface area contributed by atoms with Crippen LogP contribution in [0, 0.1) is 19.8 Å². The van der Waals surface area contributed by atoms with Crippen LogP contribution in [0.4, 0.5) is 0 Å². The van der Waals surface area contributed by atoms with Gasteiger partial charge in [0.2, 0.25) is 11.7 Å². The van der Waals surface area contributed by atoms with Crippen molar-refractivity contribution in [3.8, 4) is 22.2 Å². The molecular weight excluding hydrogens is 488 g/mol. The van der Waals surface area contributed by atoms with Crippen LogP contribution in [-0.2, 0) is 33.7 Å². The third-order valence-corrected chi connectivity index (χ3v) is 7.26. The topological polar surface area (TPSA) is 106 Å². The maximum Gasteiger partial charge on any atom is 0.325 e. The van der Waals surface area contributed by atoms with E-state index in [0.29, 0.717) is 37.1 Å². The van der Waals surface area contributed by atoms with Gasteiger partial charge in [-0.1, -0.05) is 25.9 Å². The molecule has 0 spiro atoms. The molecule has 0 radical (unpaired) electrons. The number of aryl methyl sites for hydroxylation is 3. The van der Waals surface area contributed by atoms with Crippen molar-refractivity contribution < 1.29 is 18.8 Å². The number of benzene rings is 1. The molecule has 0 aliphatic heterocycles. The molecule has 2 N–H and O–H groups in total. The monoisotopic (exact) mass is 526 g/mol. The minimum Gasteiger partial charge on any atom is -0.465 e. The van der Waals surface area contributed by atoms with Gasteiger partial charge in [0.1, 0.15) is 6.54 Å². The molecule has 0 bridgehead atoms. The van der Waals surface area contributed by atoms with E-state index >= 15 is 0 Å². The Bertz CT molecular complexity index is 1210. The van der Waals surface area contributed by atoms with Crippen molar-refractivity contribution in [1.29, 1.82) is 0 Å². The first-order valence-corrected chi connectivity index (χ1v) is 13.7. The Morgan fingerprint density at radius 1 is 1.14 bits per heavy atom. The summed E-state index contributed by atoms with van der Waals surface area (Å²) in [5.74, 6) is 1.08. The average molecular weight is 527 g/mol. The van der Waals surface area contributed by atoms with E-state index in [2.05, 4.69) is 55.6 Å². The molecule has 1 amide bonds. The summed E-state index contributed by atoms with van der Waals surface area (Å²) in [5.41, 5.74) is 5.46. The van der Waals surface area contributed by atoms with Crippen LogP contribution in [0.5, 0.6) is 0 Å². The van der Waals surface area contributed by atoms with Crippen LogP contribution in [0.3, 0.4) is 0 Å². The van der Waals surface area contributed by atoms with Crippen molar-refractivity contribution in [2.75, 3.05) is 19.7 Å². The van der Waals surface area contributed by atoms with Crippen LogP contribution >= 0.6 is 11.3 Å². The van der Waals surface area contributed by atoms with Gasteiger partial charge in [-0.2, -0.15) is 4.98 Å². The van der Waals surface area contributed by atoms with E-state index in [1.165, 1.54) is 10.4 Å². The molecule has 0 aliphatic rings. The summed E-state index contributed by atoms with van der Waals surface area (Å²) in [4.78, 5) is 30.6. The van der Waals surface area contributed by atoms with Crippen LogP contribution in [0.2, 0.25) is 0 Å². The lowest BCUT2D eigenvalue weighted by atomic mass is 9.93. The Balaban J connectivity index is 1.70. The molecule has 0 fully saturated rings. The Kier molecular flexibility index (Phi) is 10.4. The summed E-state index contributed by atoms with van der Waals surface area (Å²) in [6, 6.07) is 6.22. The SMILES string of the molecule is CCOC(=O)CNC(=O)CCc1c(C)cc(-c2noc(-c3cc(C)c(CNCC(C)C)s3)n2)cc1CC. The smallest absolute Gasteiger partial charge is 0.325 e. The predicted molar refractivity (Wildman–Crippen MR) is 146 cm³/mol.